The monoisotopic (exact) mass is 237 g/mol. The maximum atomic E-state index is 6.02. The highest BCUT2D eigenvalue weighted by atomic mass is 15.3. The highest BCUT2D eigenvalue weighted by molar-refractivity contribution is 5.96. The van der Waals surface area contributed by atoms with E-state index in [1.165, 1.54) is 11.1 Å². The van der Waals surface area contributed by atoms with E-state index in [0.717, 1.165) is 12.2 Å². The van der Waals surface area contributed by atoms with Crippen molar-refractivity contribution in [2.75, 3.05) is 4.90 Å². The van der Waals surface area contributed by atoms with E-state index in [0.29, 0.717) is 12.5 Å². The van der Waals surface area contributed by atoms with Gasteiger partial charge >= 0.3 is 0 Å². The molecule has 0 saturated heterocycles. The van der Waals surface area contributed by atoms with Gasteiger partial charge in [0.25, 0.3) is 0 Å². The summed E-state index contributed by atoms with van der Waals surface area (Å²) >= 11 is 0. The Morgan fingerprint density at radius 3 is 2.56 bits per heavy atom. The number of rotatable bonds is 2. The van der Waals surface area contributed by atoms with Gasteiger partial charge in [-0.25, -0.2) is 4.99 Å². The number of nitrogens with zero attached hydrogens (tertiary/aromatic N) is 2. The number of benzene rings is 2. The van der Waals surface area contributed by atoms with Crippen molar-refractivity contribution in [2.45, 2.75) is 13.1 Å². The number of fused-ring (bicyclic) bond motifs is 1. The van der Waals surface area contributed by atoms with E-state index >= 15 is 0 Å². The molecular weight excluding hydrogens is 222 g/mol. The number of anilines is 1. The predicted molar refractivity (Wildman–Crippen MR) is 74.4 cm³/mol. The Balaban J connectivity index is 1.95. The van der Waals surface area contributed by atoms with Crippen molar-refractivity contribution in [3.8, 4) is 0 Å². The standard InChI is InChI=1S/C15H15N3/c16-15-17-10-13-8-4-5-9-14(13)18(15)11-12-6-2-1-3-7-12/h1-9H,10-11H2,(H2,16,17). The van der Waals surface area contributed by atoms with Gasteiger partial charge in [-0.1, -0.05) is 48.5 Å². The molecule has 0 radical (unpaired) electrons. The van der Waals surface area contributed by atoms with E-state index in [9.17, 15) is 0 Å². The summed E-state index contributed by atoms with van der Waals surface area (Å²) in [5.74, 6) is 0.595. The van der Waals surface area contributed by atoms with Crippen LogP contribution in [-0.4, -0.2) is 5.96 Å². The highest BCUT2D eigenvalue weighted by Crippen LogP contribution is 2.26. The summed E-state index contributed by atoms with van der Waals surface area (Å²) in [5, 5.41) is 0. The smallest absolute Gasteiger partial charge is 0.196 e. The van der Waals surface area contributed by atoms with Crippen LogP contribution in [0.15, 0.2) is 59.6 Å². The second-order valence-electron chi connectivity index (χ2n) is 4.37. The molecule has 18 heavy (non-hydrogen) atoms. The molecule has 2 aromatic rings. The molecule has 0 aliphatic carbocycles. The molecule has 2 aromatic carbocycles. The van der Waals surface area contributed by atoms with E-state index in [-0.39, 0.29) is 0 Å². The van der Waals surface area contributed by atoms with Gasteiger partial charge in [0, 0.05) is 5.69 Å². The fourth-order valence-corrected chi connectivity index (χ4v) is 2.21. The number of para-hydroxylation sites is 1. The molecule has 3 nitrogen and oxygen atoms in total. The van der Waals surface area contributed by atoms with E-state index in [1.807, 2.05) is 30.3 Å². The van der Waals surface area contributed by atoms with Crippen molar-refractivity contribution in [3.05, 3.63) is 65.7 Å². The van der Waals surface area contributed by atoms with Gasteiger partial charge in [-0.15, -0.1) is 0 Å². The summed E-state index contributed by atoms with van der Waals surface area (Å²) < 4.78 is 0. The predicted octanol–water partition coefficient (Wildman–Crippen LogP) is 2.52. The SMILES string of the molecule is NC1=NCc2ccccc2N1Cc1ccccc1. The Kier molecular flexibility index (Phi) is 2.73. The molecule has 0 amide bonds. The van der Waals surface area contributed by atoms with Crippen molar-refractivity contribution in [2.24, 2.45) is 10.7 Å². The molecule has 0 fully saturated rings. The van der Waals surface area contributed by atoms with Crippen LogP contribution >= 0.6 is 0 Å². The molecule has 90 valence electrons. The van der Waals surface area contributed by atoms with Gasteiger partial charge in [0.05, 0.1) is 13.1 Å². The van der Waals surface area contributed by atoms with Crippen molar-refractivity contribution in [3.63, 3.8) is 0 Å². The lowest BCUT2D eigenvalue weighted by molar-refractivity contribution is 0.912. The molecule has 0 aromatic heterocycles. The van der Waals surface area contributed by atoms with Crippen LogP contribution < -0.4 is 10.6 Å². The van der Waals surface area contributed by atoms with Crippen molar-refractivity contribution < 1.29 is 0 Å². The highest BCUT2D eigenvalue weighted by Gasteiger charge is 2.18. The van der Waals surface area contributed by atoms with Crippen LogP contribution in [0.1, 0.15) is 11.1 Å². The van der Waals surface area contributed by atoms with Crippen molar-refractivity contribution in [1.82, 2.24) is 0 Å². The Bertz CT molecular complexity index is 575. The van der Waals surface area contributed by atoms with E-state index < -0.39 is 0 Å². The Morgan fingerprint density at radius 1 is 1.00 bits per heavy atom. The number of guanidine groups is 1. The lowest BCUT2D eigenvalue weighted by atomic mass is 10.1. The largest absolute Gasteiger partial charge is 0.369 e. The fourth-order valence-electron chi connectivity index (χ4n) is 2.21. The minimum atomic E-state index is 0.595. The number of nitrogens with two attached hydrogens (primary N) is 1. The molecule has 3 heteroatoms. The van der Waals surface area contributed by atoms with Crippen LogP contribution in [0.3, 0.4) is 0 Å². The van der Waals surface area contributed by atoms with Crippen LogP contribution in [-0.2, 0) is 13.1 Å². The average molecular weight is 237 g/mol. The third-order valence-corrected chi connectivity index (χ3v) is 3.15. The molecule has 0 spiro atoms. The maximum absolute atomic E-state index is 6.02. The number of hydrogen-bond donors (Lipinski definition) is 1. The molecule has 2 N–H and O–H groups in total. The Labute approximate surface area is 107 Å². The minimum absolute atomic E-state index is 0.595. The first kappa shape index (κ1) is 10.8. The van der Waals surface area contributed by atoms with Gasteiger partial charge in [0.2, 0.25) is 0 Å². The van der Waals surface area contributed by atoms with E-state index in [1.54, 1.807) is 0 Å². The molecule has 1 heterocycles. The van der Waals surface area contributed by atoms with Gasteiger partial charge in [-0.05, 0) is 17.2 Å². The summed E-state index contributed by atoms with van der Waals surface area (Å²) in [5.41, 5.74) is 9.63. The van der Waals surface area contributed by atoms with Gasteiger partial charge < -0.3 is 10.6 Å². The second-order valence-corrected chi connectivity index (χ2v) is 4.37. The number of hydrogen-bond acceptors (Lipinski definition) is 3. The molecule has 0 bridgehead atoms. The molecule has 0 saturated carbocycles. The van der Waals surface area contributed by atoms with Crippen LogP contribution in [0, 0.1) is 0 Å². The average Bonchev–Trinajstić information content (AvgIpc) is 2.43. The topological polar surface area (TPSA) is 41.6 Å². The molecule has 0 unspecified atom stereocenters. The Morgan fingerprint density at radius 2 is 1.72 bits per heavy atom. The molecular formula is C15H15N3. The normalized spacial score (nSPS) is 14.0. The summed E-state index contributed by atoms with van der Waals surface area (Å²) in [4.78, 5) is 6.43. The zero-order chi connectivity index (χ0) is 12.4. The van der Waals surface area contributed by atoms with E-state index in [2.05, 4.69) is 34.2 Å². The zero-order valence-electron chi connectivity index (χ0n) is 10.1. The summed E-state index contributed by atoms with van der Waals surface area (Å²) in [7, 11) is 0. The lowest BCUT2D eigenvalue weighted by Gasteiger charge is -2.29. The third kappa shape index (κ3) is 1.95. The van der Waals surface area contributed by atoms with Crippen LogP contribution in [0.2, 0.25) is 0 Å². The number of aliphatic imine (C=N–C) groups is 1. The lowest BCUT2D eigenvalue weighted by Crippen LogP contribution is -2.39. The zero-order valence-corrected chi connectivity index (χ0v) is 10.1. The first-order valence-corrected chi connectivity index (χ1v) is 6.04. The third-order valence-electron chi connectivity index (χ3n) is 3.15. The van der Waals surface area contributed by atoms with Crippen molar-refractivity contribution in [1.29, 1.82) is 0 Å². The van der Waals surface area contributed by atoms with Crippen LogP contribution in [0.4, 0.5) is 5.69 Å². The fraction of sp³-hybridized carbons (Fsp3) is 0.133. The molecule has 0 atom stereocenters. The van der Waals surface area contributed by atoms with Gasteiger partial charge in [-0.2, -0.15) is 0 Å². The van der Waals surface area contributed by atoms with Gasteiger partial charge in [0.15, 0.2) is 5.96 Å². The summed E-state index contributed by atoms with van der Waals surface area (Å²) in [6.45, 7) is 1.43. The first-order valence-electron chi connectivity index (χ1n) is 6.04. The molecule has 1 aliphatic rings. The quantitative estimate of drug-likeness (QED) is 0.872. The van der Waals surface area contributed by atoms with Crippen LogP contribution in [0.25, 0.3) is 0 Å². The molecule has 3 rings (SSSR count). The van der Waals surface area contributed by atoms with E-state index in [4.69, 9.17) is 5.73 Å². The molecule has 1 aliphatic heterocycles. The first-order chi connectivity index (χ1) is 8.84. The Hall–Kier alpha value is -2.29. The summed E-state index contributed by atoms with van der Waals surface area (Å²) in [6, 6.07) is 18.6. The van der Waals surface area contributed by atoms with Gasteiger partial charge in [0.1, 0.15) is 0 Å². The second kappa shape index (κ2) is 4.53. The minimum Gasteiger partial charge on any atom is -0.369 e. The van der Waals surface area contributed by atoms with Crippen LogP contribution in [0.5, 0.6) is 0 Å². The van der Waals surface area contributed by atoms with Crippen molar-refractivity contribution >= 4 is 11.6 Å². The summed E-state index contributed by atoms with van der Waals surface area (Å²) in [6.07, 6.45) is 0. The maximum Gasteiger partial charge on any atom is 0.196 e. The van der Waals surface area contributed by atoms with Gasteiger partial charge in [-0.3, -0.25) is 0 Å².